The normalized spacial score (nSPS) is 17.2. The van der Waals surface area contributed by atoms with Gasteiger partial charge in [0.05, 0.1) is 0 Å². The summed E-state index contributed by atoms with van der Waals surface area (Å²) in [6, 6.07) is 9.53. The lowest BCUT2D eigenvalue weighted by Crippen LogP contribution is -2.36. The molecule has 1 aliphatic heterocycles. The highest BCUT2D eigenvalue weighted by atomic mass is 16.5. The van der Waals surface area contributed by atoms with Crippen molar-refractivity contribution in [3.8, 4) is 0 Å². The largest absolute Gasteiger partial charge is 0.381 e. The molecule has 0 amide bonds. The highest BCUT2D eigenvalue weighted by Gasteiger charge is 2.18. The van der Waals surface area contributed by atoms with Crippen molar-refractivity contribution in [3.05, 3.63) is 29.8 Å². The summed E-state index contributed by atoms with van der Waals surface area (Å²) in [5, 5.41) is 3.52. The molecule has 0 aromatic heterocycles. The minimum atomic E-state index is 0.164. The first kappa shape index (κ1) is 15.3. The molecule has 1 saturated heterocycles. The second kappa shape index (κ2) is 6.59. The molecular formula is C17H28N2O. The van der Waals surface area contributed by atoms with E-state index in [0.717, 1.165) is 32.6 Å². The fourth-order valence-corrected chi connectivity index (χ4v) is 2.50. The van der Waals surface area contributed by atoms with E-state index in [-0.39, 0.29) is 5.54 Å². The lowest BCUT2D eigenvalue weighted by molar-refractivity contribution is 0.0855. The second-order valence-corrected chi connectivity index (χ2v) is 6.72. The average Bonchev–Trinajstić information content (AvgIpc) is 2.45. The maximum absolute atomic E-state index is 5.43. The molecule has 3 heteroatoms. The Labute approximate surface area is 123 Å². The fraction of sp³-hybridized carbons (Fsp3) is 0.647. The highest BCUT2D eigenvalue weighted by Crippen LogP contribution is 2.21. The number of nitrogens with one attached hydrogen (secondary N) is 1. The zero-order valence-electron chi connectivity index (χ0n) is 13.3. The molecule has 0 bridgehead atoms. The maximum atomic E-state index is 5.43. The van der Waals surface area contributed by atoms with Crippen LogP contribution in [-0.4, -0.2) is 31.8 Å². The van der Waals surface area contributed by atoms with Gasteiger partial charge in [-0.15, -0.1) is 0 Å². The fourth-order valence-electron chi connectivity index (χ4n) is 2.50. The second-order valence-electron chi connectivity index (χ2n) is 6.72. The number of hydrogen-bond acceptors (Lipinski definition) is 3. The van der Waals surface area contributed by atoms with Crippen molar-refractivity contribution >= 4 is 5.69 Å². The van der Waals surface area contributed by atoms with Crippen LogP contribution >= 0.6 is 0 Å². The SMILES string of the molecule is CN(c1ccc(CNC(C)(C)C)cc1)C1CCOCC1. The van der Waals surface area contributed by atoms with E-state index in [0.29, 0.717) is 6.04 Å². The Morgan fingerprint density at radius 2 is 1.75 bits per heavy atom. The molecule has 1 aliphatic rings. The van der Waals surface area contributed by atoms with Crippen molar-refractivity contribution in [3.63, 3.8) is 0 Å². The van der Waals surface area contributed by atoms with Gasteiger partial charge in [0.15, 0.2) is 0 Å². The van der Waals surface area contributed by atoms with Crippen LogP contribution in [0.3, 0.4) is 0 Å². The highest BCUT2D eigenvalue weighted by molar-refractivity contribution is 5.47. The summed E-state index contributed by atoms with van der Waals surface area (Å²) in [4.78, 5) is 2.39. The molecule has 112 valence electrons. The zero-order valence-corrected chi connectivity index (χ0v) is 13.3. The van der Waals surface area contributed by atoms with Gasteiger partial charge in [-0.2, -0.15) is 0 Å². The standard InChI is InChI=1S/C17H28N2O/c1-17(2,3)18-13-14-5-7-15(8-6-14)19(4)16-9-11-20-12-10-16/h5-8,16,18H,9-13H2,1-4H3. The Balaban J connectivity index is 1.93. The van der Waals surface area contributed by atoms with E-state index in [1.165, 1.54) is 11.3 Å². The summed E-state index contributed by atoms with van der Waals surface area (Å²) in [7, 11) is 2.19. The Morgan fingerprint density at radius 3 is 2.30 bits per heavy atom. The Kier molecular flexibility index (Phi) is 5.06. The first-order valence-electron chi connectivity index (χ1n) is 7.60. The Bertz CT molecular complexity index is 402. The summed E-state index contributed by atoms with van der Waals surface area (Å²) >= 11 is 0. The lowest BCUT2D eigenvalue weighted by Gasteiger charge is -2.33. The summed E-state index contributed by atoms with van der Waals surface area (Å²) in [5.41, 5.74) is 2.80. The predicted molar refractivity (Wildman–Crippen MR) is 85.3 cm³/mol. The third kappa shape index (κ3) is 4.50. The van der Waals surface area contributed by atoms with Crippen LogP contribution in [0.15, 0.2) is 24.3 Å². The van der Waals surface area contributed by atoms with Crippen molar-refractivity contribution in [1.82, 2.24) is 5.32 Å². The first-order chi connectivity index (χ1) is 9.46. The molecule has 1 heterocycles. The number of nitrogens with zero attached hydrogens (tertiary/aromatic N) is 1. The zero-order chi connectivity index (χ0) is 14.6. The number of ether oxygens (including phenoxy) is 1. The van der Waals surface area contributed by atoms with Gasteiger partial charge in [-0.3, -0.25) is 0 Å². The average molecular weight is 276 g/mol. The summed E-state index contributed by atoms with van der Waals surface area (Å²) in [6.07, 6.45) is 2.26. The van der Waals surface area contributed by atoms with Gasteiger partial charge in [-0.05, 0) is 51.3 Å². The molecule has 1 aromatic carbocycles. The Morgan fingerprint density at radius 1 is 1.15 bits per heavy atom. The van der Waals surface area contributed by atoms with Gasteiger partial charge < -0.3 is 15.0 Å². The van der Waals surface area contributed by atoms with Crippen molar-refractivity contribution in [2.24, 2.45) is 0 Å². The van der Waals surface area contributed by atoms with Crippen LogP contribution in [0, 0.1) is 0 Å². The Hall–Kier alpha value is -1.06. The van der Waals surface area contributed by atoms with E-state index < -0.39 is 0 Å². The van der Waals surface area contributed by atoms with Crippen LogP contribution in [0.25, 0.3) is 0 Å². The molecule has 1 fully saturated rings. The summed E-state index contributed by atoms with van der Waals surface area (Å²) in [5.74, 6) is 0. The first-order valence-corrected chi connectivity index (χ1v) is 7.60. The number of benzene rings is 1. The van der Waals surface area contributed by atoms with Gasteiger partial charge in [0.2, 0.25) is 0 Å². The predicted octanol–water partition coefficient (Wildman–Crippen LogP) is 3.19. The topological polar surface area (TPSA) is 24.5 Å². The molecule has 0 radical (unpaired) electrons. The number of hydrogen-bond donors (Lipinski definition) is 1. The van der Waals surface area contributed by atoms with Crippen LogP contribution in [0.4, 0.5) is 5.69 Å². The van der Waals surface area contributed by atoms with Crippen LogP contribution in [0.2, 0.25) is 0 Å². The van der Waals surface area contributed by atoms with E-state index in [1.807, 2.05) is 0 Å². The quantitative estimate of drug-likeness (QED) is 0.914. The van der Waals surface area contributed by atoms with Gasteiger partial charge in [-0.1, -0.05) is 12.1 Å². The molecule has 0 unspecified atom stereocenters. The monoisotopic (exact) mass is 276 g/mol. The van der Waals surface area contributed by atoms with E-state index >= 15 is 0 Å². The molecule has 0 saturated carbocycles. The van der Waals surface area contributed by atoms with E-state index in [2.05, 4.69) is 62.3 Å². The van der Waals surface area contributed by atoms with Crippen molar-refractivity contribution < 1.29 is 4.74 Å². The molecule has 1 N–H and O–H groups in total. The van der Waals surface area contributed by atoms with Gasteiger partial charge in [-0.25, -0.2) is 0 Å². The maximum Gasteiger partial charge on any atom is 0.0485 e. The van der Waals surface area contributed by atoms with Crippen LogP contribution in [0.1, 0.15) is 39.2 Å². The molecule has 0 aliphatic carbocycles. The lowest BCUT2D eigenvalue weighted by atomic mass is 10.1. The number of rotatable bonds is 4. The molecular weight excluding hydrogens is 248 g/mol. The van der Waals surface area contributed by atoms with E-state index in [1.54, 1.807) is 0 Å². The van der Waals surface area contributed by atoms with Gasteiger partial charge in [0, 0.05) is 44.1 Å². The molecule has 0 atom stereocenters. The van der Waals surface area contributed by atoms with E-state index in [9.17, 15) is 0 Å². The van der Waals surface area contributed by atoms with Crippen molar-refractivity contribution in [1.29, 1.82) is 0 Å². The minimum absolute atomic E-state index is 0.164. The van der Waals surface area contributed by atoms with Crippen molar-refractivity contribution in [2.45, 2.75) is 51.7 Å². The van der Waals surface area contributed by atoms with Crippen LogP contribution in [0.5, 0.6) is 0 Å². The van der Waals surface area contributed by atoms with Crippen LogP contribution in [-0.2, 0) is 11.3 Å². The molecule has 20 heavy (non-hydrogen) atoms. The third-order valence-electron chi connectivity index (χ3n) is 3.91. The van der Waals surface area contributed by atoms with E-state index in [4.69, 9.17) is 4.74 Å². The third-order valence-corrected chi connectivity index (χ3v) is 3.91. The molecule has 0 spiro atoms. The molecule has 2 rings (SSSR count). The summed E-state index contributed by atoms with van der Waals surface area (Å²) in [6.45, 7) is 9.29. The number of anilines is 1. The van der Waals surface area contributed by atoms with Gasteiger partial charge in [0.1, 0.15) is 0 Å². The molecule has 3 nitrogen and oxygen atoms in total. The summed E-state index contributed by atoms with van der Waals surface area (Å²) < 4.78 is 5.43. The smallest absolute Gasteiger partial charge is 0.0485 e. The molecule has 1 aromatic rings. The van der Waals surface area contributed by atoms with Gasteiger partial charge in [0.25, 0.3) is 0 Å². The van der Waals surface area contributed by atoms with Crippen molar-refractivity contribution in [2.75, 3.05) is 25.2 Å². The van der Waals surface area contributed by atoms with Crippen LogP contribution < -0.4 is 10.2 Å². The van der Waals surface area contributed by atoms with Gasteiger partial charge >= 0.3 is 0 Å². The minimum Gasteiger partial charge on any atom is -0.381 e.